The van der Waals surface area contributed by atoms with Crippen molar-refractivity contribution in [3.63, 3.8) is 0 Å². The van der Waals surface area contributed by atoms with E-state index >= 15 is 0 Å². The van der Waals surface area contributed by atoms with E-state index in [1.165, 1.54) is 41.5 Å². The number of pyridine rings is 1. The molecule has 1 aromatic heterocycles. The zero-order valence-electron chi connectivity index (χ0n) is 25.3. The molecule has 1 saturated carbocycles. The highest BCUT2D eigenvalue weighted by Gasteiger charge is 2.37. The van der Waals surface area contributed by atoms with Gasteiger partial charge < -0.3 is 19.4 Å². The average Bonchev–Trinajstić information content (AvgIpc) is 3.84. The number of carbonyl (C=O) groups is 1. The fraction of sp³-hybridized carbons (Fsp3) is 0.500. The molecule has 0 bridgehead atoms. The third-order valence-corrected chi connectivity index (χ3v) is 9.95. The number of methoxy groups -OCH3 is 1. The third kappa shape index (κ3) is 5.92. The molecule has 0 radical (unpaired) electrons. The van der Waals surface area contributed by atoms with Crippen molar-refractivity contribution >= 4 is 5.97 Å². The fourth-order valence-corrected chi connectivity index (χ4v) is 7.30. The number of aryl methyl sites for hydroxylation is 1. The van der Waals surface area contributed by atoms with Crippen molar-refractivity contribution in [2.45, 2.75) is 96.4 Å². The van der Waals surface area contributed by atoms with Crippen LogP contribution in [0, 0.1) is 11.8 Å². The summed E-state index contributed by atoms with van der Waals surface area (Å²) in [6.45, 7) is 7.37. The van der Waals surface area contributed by atoms with Gasteiger partial charge in [0.25, 0.3) is 0 Å². The highest BCUT2D eigenvalue weighted by Crippen LogP contribution is 2.48. The van der Waals surface area contributed by atoms with Crippen molar-refractivity contribution in [1.29, 1.82) is 0 Å². The number of carbonyl (C=O) groups excluding carboxylic acids is 1. The molecule has 1 aliphatic carbocycles. The van der Waals surface area contributed by atoms with Crippen LogP contribution in [0.4, 0.5) is 0 Å². The van der Waals surface area contributed by atoms with Gasteiger partial charge in [-0.15, -0.1) is 0 Å². The molecule has 2 aliphatic heterocycles. The van der Waals surface area contributed by atoms with E-state index in [-0.39, 0.29) is 12.0 Å². The van der Waals surface area contributed by atoms with Gasteiger partial charge in [0, 0.05) is 42.8 Å². The van der Waals surface area contributed by atoms with Gasteiger partial charge in [-0.2, -0.15) is 0 Å². The van der Waals surface area contributed by atoms with Crippen molar-refractivity contribution in [3.8, 4) is 22.8 Å². The predicted octanol–water partition coefficient (Wildman–Crippen LogP) is 6.47. The number of carboxylic acids is 1. The van der Waals surface area contributed by atoms with Crippen LogP contribution in [-0.4, -0.2) is 35.0 Å². The van der Waals surface area contributed by atoms with E-state index < -0.39 is 11.9 Å². The Labute approximate surface area is 250 Å². The van der Waals surface area contributed by atoms with Crippen LogP contribution in [0.3, 0.4) is 0 Å². The quantitative estimate of drug-likeness (QED) is 0.295. The number of rotatable bonds is 9. The molecule has 42 heavy (non-hydrogen) atoms. The first-order valence-electron chi connectivity index (χ1n) is 15.7. The number of hydrogen-bond donors (Lipinski definition) is 0. The molecule has 6 nitrogen and oxygen atoms in total. The van der Waals surface area contributed by atoms with Gasteiger partial charge in [-0.25, -0.2) is 4.98 Å². The summed E-state index contributed by atoms with van der Waals surface area (Å²) in [6, 6.07) is 18.3. The molecule has 6 rings (SSSR count). The number of nitrogens with zero attached hydrogens (tertiary/aromatic N) is 2. The lowest BCUT2D eigenvalue weighted by Crippen LogP contribution is -2.43. The second-order valence-electron chi connectivity index (χ2n) is 12.8. The maximum absolute atomic E-state index is 11.8. The Morgan fingerprint density at radius 3 is 2.55 bits per heavy atom. The molecule has 6 heteroatoms. The molecule has 3 heterocycles. The zero-order chi connectivity index (χ0) is 29.4. The predicted molar refractivity (Wildman–Crippen MR) is 162 cm³/mol. The Morgan fingerprint density at radius 1 is 1.05 bits per heavy atom. The van der Waals surface area contributed by atoms with E-state index in [9.17, 15) is 9.90 Å². The molecular formula is C36H43N2O4-. The van der Waals surface area contributed by atoms with Gasteiger partial charge in [0.15, 0.2) is 0 Å². The maximum Gasteiger partial charge on any atom is 0.213 e. The second kappa shape index (κ2) is 12.1. The summed E-state index contributed by atoms with van der Waals surface area (Å²) >= 11 is 0. The van der Waals surface area contributed by atoms with Crippen LogP contribution in [0.5, 0.6) is 11.6 Å². The number of piperidine rings is 1. The molecule has 1 saturated heterocycles. The van der Waals surface area contributed by atoms with E-state index in [0.29, 0.717) is 23.9 Å². The smallest absolute Gasteiger partial charge is 0.213 e. The summed E-state index contributed by atoms with van der Waals surface area (Å²) in [7, 11) is 1.66. The second-order valence-corrected chi connectivity index (χ2v) is 12.8. The topological polar surface area (TPSA) is 74.7 Å². The molecule has 1 unspecified atom stereocenters. The first kappa shape index (κ1) is 28.7. The van der Waals surface area contributed by atoms with Gasteiger partial charge in [0.2, 0.25) is 5.88 Å². The number of benzene rings is 2. The lowest BCUT2D eigenvalue weighted by atomic mass is 9.82. The average molecular weight is 568 g/mol. The van der Waals surface area contributed by atoms with Crippen LogP contribution in [-0.2, 0) is 17.8 Å². The van der Waals surface area contributed by atoms with Gasteiger partial charge in [-0.1, -0.05) is 43.7 Å². The highest BCUT2D eigenvalue weighted by molar-refractivity contribution is 5.69. The van der Waals surface area contributed by atoms with E-state index in [1.54, 1.807) is 14.0 Å². The Balaban J connectivity index is 1.32. The van der Waals surface area contributed by atoms with Crippen molar-refractivity contribution in [2.24, 2.45) is 11.8 Å². The first-order valence-corrected chi connectivity index (χ1v) is 15.7. The van der Waals surface area contributed by atoms with Gasteiger partial charge in [0.1, 0.15) is 11.9 Å². The summed E-state index contributed by atoms with van der Waals surface area (Å²) in [6.07, 6.45) is 9.50. The first-order chi connectivity index (χ1) is 20.3. The SMILES string of the molecule is COc1cc(-c2ccc(C3CCc4ccc([C@H](C5CC5)[C@H](C)C(=O)[O-])cc4O3)cc2CN2[C@H](C)CCC[C@@H]2C)ccn1. The summed E-state index contributed by atoms with van der Waals surface area (Å²) in [4.78, 5) is 18.8. The third-order valence-electron chi connectivity index (χ3n) is 9.95. The van der Waals surface area contributed by atoms with Crippen molar-refractivity contribution < 1.29 is 19.4 Å². The standard InChI is InChI=1S/C36H44N2O4/c1-22-6-5-7-23(2)38(22)21-30-18-28(12-14-31(30)27-16-17-37-34(20-27)41-4)32-15-13-25-8-11-29(19-33(25)42-32)35(26-9-10-26)24(3)36(39)40/h8,11-12,14,16-20,22-24,26,32,35H,5-7,9-10,13,15,21H2,1-4H3,(H,39,40)/p-1/t22-,23+,24-,32?,35-/m0/s1. The van der Waals surface area contributed by atoms with Crippen molar-refractivity contribution in [2.75, 3.05) is 7.11 Å². The van der Waals surface area contributed by atoms with Crippen LogP contribution < -0.4 is 14.6 Å². The molecule has 0 N–H and O–H groups in total. The largest absolute Gasteiger partial charge is 0.550 e. The van der Waals surface area contributed by atoms with Crippen LogP contribution in [0.15, 0.2) is 54.7 Å². The number of aromatic nitrogens is 1. The van der Waals surface area contributed by atoms with E-state index in [1.807, 2.05) is 12.3 Å². The number of aliphatic carboxylic acids is 1. The van der Waals surface area contributed by atoms with Crippen LogP contribution in [0.2, 0.25) is 0 Å². The Bertz CT molecular complexity index is 1420. The molecule has 3 aromatic rings. The Hall–Kier alpha value is -3.38. The van der Waals surface area contributed by atoms with Crippen molar-refractivity contribution in [3.05, 3.63) is 77.0 Å². The van der Waals surface area contributed by atoms with Gasteiger partial charge >= 0.3 is 0 Å². The molecule has 0 spiro atoms. The lowest BCUT2D eigenvalue weighted by Gasteiger charge is -2.39. The Kier molecular flexibility index (Phi) is 8.26. The number of likely N-dealkylation sites (tertiary alicyclic amines) is 1. The minimum absolute atomic E-state index is 0.0268. The molecular weight excluding hydrogens is 524 g/mol. The summed E-state index contributed by atoms with van der Waals surface area (Å²) in [5.74, 6) is 0.403. The highest BCUT2D eigenvalue weighted by atomic mass is 16.5. The summed E-state index contributed by atoms with van der Waals surface area (Å²) in [5, 5.41) is 11.8. The molecule has 3 aliphatic rings. The normalized spacial score (nSPS) is 23.9. The fourth-order valence-electron chi connectivity index (χ4n) is 7.30. The number of ether oxygens (including phenoxy) is 2. The molecule has 2 fully saturated rings. The van der Waals surface area contributed by atoms with Crippen LogP contribution >= 0.6 is 0 Å². The monoisotopic (exact) mass is 567 g/mol. The minimum Gasteiger partial charge on any atom is -0.550 e. The summed E-state index contributed by atoms with van der Waals surface area (Å²) < 4.78 is 12.2. The molecule has 222 valence electrons. The van der Waals surface area contributed by atoms with E-state index in [4.69, 9.17) is 9.47 Å². The molecule has 0 amide bonds. The van der Waals surface area contributed by atoms with Gasteiger partial charge in [-0.05, 0) is 110 Å². The van der Waals surface area contributed by atoms with E-state index in [2.05, 4.69) is 66.2 Å². The number of fused-ring (bicyclic) bond motifs is 1. The molecule has 2 aromatic carbocycles. The summed E-state index contributed by atoms with van der Waals surface area (Å²) in [5.41, 5.74) is 7.04. The molecule has 5 atom stereocenters. The zero-order valence-corrected chi connectivity index (χ0v) is 25.3. The maximum atomic E-state index is 11.8. The van der Waals surface area contributed by atoms with E-state index in [0.717, 1.165) is 49.1 Å². The van der Waals surface area contributed by atoms with Crippen LogP contribution in [0.1, 0.15) is 93.6 Å². The van der Waals surface area contributed by atoms with Crippen LogP contribution in [0.25, 0.3) is 11.1 Å². The van der Waals surface area contributed by atoms with Gasteiger partial charge in [0.05, 0.1) is 7.11 Å². The van der Waals surface area contributed by atoms with Gasteiger partial charge in [-0.3, -0.25) is 4.90 Å². The number of carboxylic acid groups (broad SMARTS) is 1. The number of hydrogen-bond acceptors (Lipinski definition) is 6. The lowest BCUT2D eigenvalue weighted by molar-refractivity contribution is -0.311. The minimum atomic E-state index is -0.972. The Morgan fingerprint density at radius 2 is 1.83 bits per heavy atom. The van der Waals surface area contributed by atoms with Crippen molar-refractivity contribution in [1.82, 2.24) is 9.88 Å².